The van der Waals surface area contributed by atoms with Gasteiger partial charge in [0.2, 0.25) is 0 Å². The van der Waals surface area contributed by atoms with Crippen LogP contribution in [0.2, 0.25) is 0 Å². The number of para-hydroxylation sites is 1. The highest BCUT2D eigenvalue weighted by atomic mass is 79.9. The molecule has 0 N–H and O–H groups in total. The predicted molar refractivity (Wildman–Crippen MR) is 122 cm³/mol. The van der Waals surface area contributed by atoms with Crippen LogP contribution in [0.4, 0.5) is 0 Å². The van der Waals surface area contributed by atoms with Crippen LogP contribution < -0.4 is 9.47 Å². The number of hydrogen-bond acceptors (Lipinski definition) is 5. The topological polar surface area (TPSA) is 38.8 Å². The van der Waals surface area contributed by atoms with Gasteiger partial charge < -0.3 is 9.47 Å². The van der Waals surface area contributed by atoms with Crippen LogP contribution in [0.5, 0.6) is 11.5 Å². The highest BCUT2D eigenvalue weighted by molar-refractivity contribution is 9.10. The Balaban J connectivity index is 1.70. The molecule has 1 saturated heterocycles. The third-order valence-corrected chi connectivity index (χ3v) is 6.22. The van der Waals surface area contributed by atoms with Gasteiger partial charge in [-0.3, -0.25) is 9.69 Å². The number of rotatable bonds is 6. The number of amides is 1. The molecule has 7 heteroatoms. The molecule has 0 unspecified atom stereocenters. The fraction of sp³-hybridized carbons (Fsp3) is 0.238. The fourth-order valence-corrected chi connectivity index (χ4v) is 4.32. The number of benzene rings is 2. The SMILES string of the molecule is Cc1cccc(C)c1OCCOc1ccc(Br)cc1/C=C1\SC(=S)N(C)C1=O. The van der Waals surface area contributed by atoms with E-state index < -0.39 is 0 Å². The van der Waals surface area contributed by atoms with Gasteiger partial charge in [0.1, 0.15) is 29.0 Å². The van der Waals surface area contributed by atoms with Crippen LogP contribution in [-0.2, 0) is 4.79 Å². The maximum Gasteiger partial charge on any atom is 0.265 e. The van der Waals surface area contributed by atoms with Gasteiger partial charge in [-0.2, -0.15) is 0 Å². The van der Waals surface area contributed by atoms with E-state index in [0.717, 1.165) is 26.9 Å². The largest absolute Gasteiger partial charge is 0.489 e. The number of likely N-dealkylation sites (N-methyl/N-ethyl adjacent to an activating group) is 1. The highest BCUT2D eigenvalue weighted by Gasteiger charge is 2.29. The van der Waals surface area contributed by atoms with Crippen molar-refractivity contribution < 1.29 is 14.3 Å². The number of hydrogen-bond donors (Lipinski definition) is 0. The number of thioether (sulfide) groups is 1. The molecule has 1 heterocycles. The molecule has 28 heavy (non-hydrogen) atoms. The molecule has 3 rings (SSSR count). The molecule has 1 amide bonds. The van der Waals surface area contributed by atoms with Crippen molar-refractivity contribution in [3.8, 4) is 11.5 Å². The molecule has 1 fully saturated rings. The summed E-state index contributed by atoms with van der Waals surface area (Å²) in [4.78, 5) is 14.3. The van der Waals surface area contributed by atoms with E-state index in [2.05, 4.69) is 15.9 Å². The average Bonchev–Trinajstić information content (AvgIpc) is 2.89. The second-order valence-corrected chi connectivity index (χ2v) is 8.93. The van der Waals surface area contributed by atoms with E-state index in [1.54, 1.807) is 7.05 Å². The number of nitrogens with zero attached hydrogens (tertiary/aromatic N) is 1. The van der Waals surface area contributed by atoms with E-state index in [1.165, 1.54) is 16.7 Å². The van der Waals surface area contributed by atoms with E-state index in [4.69, 9.17) is 21.7 Å². The number of carbonyl (C=O) groups is 1. The predicted octanol–water partition coefficient (Wildman–Crippen LogP) is 5.35. The zero-order valence-electron chi connectivity index (χ0n) is 15.8. The molecule has 0 atom stereocenters. The highest BCUT2D eigenvalue weighted by Crippen LogP contribution is 2.34. The fourth-order valence-electron chi connectivity index (χ4n) is 2.77. The molecule has 0 aromatic heterocycles. The van der Waals surface area contributed by atoms with Gasteiger partial charge in [-0.05, 0) is 49.2 Å². The lowest BCUT2D eigenvalue weighted by atomic mass is 10.1. The lowest BCUT2D eigenvalue weighted by Crippen LogP contribution is -2.22. The summed E-state index contributed by atoms with van der Waals surface area (Å²) in [6.45, 7) is 4.88. The normalized spacial score (nSPS) is 15.4. The molecule has 2 aromatic rings. The second-order valence-electron chi connectivity index (χ2n) is 6.34. The van der Waals surface area contributed by atoms with Gasteiger partial charge in [-0.25, -0.2) is 0 Å². The average molecular weight is 478 g/mol. The Bertz CT molecular complexity index is 938. The number of ether oxygens (including phenoxy) is 2. The molecule has 0 saturated carbocycles. The smallest absolute Gasteiger partial charge is 0.265 e. The first-order chi connectivity index (χ1) is 13.4. The minimum absolute atomic E-state index is 0.0979. The van der Waals surface area contributed by atoms with Crippen LogP contribution in [0.25, 0.3) is 6.08 Å². The number of halogens is 1. The van der Waals surface area contributed by atoms with Crippen LogP contribution in [0, 0.1) is 13.8 Å². The molecule has 0 spiro atoms. The second kappa shape index (κ2) is 9.11. The summed E-state index contributed by atoms with van der Waals surface area (Å²) in [5.74, 6) is 1.49. The van der Waals surface area contributed by atoms with E-state index in [9.17, 15) is 4.79 Å². The molecule has 1 aliphatic rings. The maximum absolute atomic E-state index is 12.3. The molecular formula is C21H20BrNO3S2. The van der Waals surface area contributed by atoms with Crippen LogP contribution in [0.1, 0.15) is 16.7 Å². The standard InChI is InChI=1S/C21H20BrNO3S2/c1-13-5-4-6-14(2)19(13)26-10-9-25-17-8-7-16(22)11-15(17)12-18-20(24)23(3)21(27)28-18/h4-8,11-12H,9-10H2,1-3H3/b18-12-. The van der Waals surface area contributed by atoms with Gasteiger partial charge in [0, 0.05) is 17.1 Å². The van der Waals surface area contributed by atoms with Gasteiger partial charge in [0.25, 0.3) is 5.91 Å². The van der Waals surface area contributed by atoms with Gasteiger partial charge in [0.05, 0.1) is 4.91 Å². The number of thiocarbonyl (C=S) groups is 1. The maximum atomic E-state index is 12.3. The minimum atomic E-state index is -0.0979. The zero-order chi connectivity index (χ0) is 20.3. The molecule has 146 valence electrons. The number of carbonyl (C=O) groups excluding carboxylic acids is 1. The van der Waals surface area contributed by atoms with Crippen LogP contribution in [0.15, 0.2) is 45.8 Å². The Labute approximate surface area is 183 Å². The molecule has 1 aliphatic heterocycles. The lowest BCUT2D eigenvalue weighted by Gasteiger charge is -2.14. The Morgan fingerprint density at radius 3 is 2.46 bits per heavy atom. The third-order valence-electron chi connectivity index (χ3n) is 4.24. The van der Waals surface area contributed by atoms with Crippen LogP contribution in [-0.4, -0.2) is 35.4 Å². The van der Waals surface area contributed by atoms with E-state index in [-0.39, 0.29) is 5.91 Å². The van der Waals surface area contributed by atoms with Gasteiger partial charge >= 0.3 is 0 Å². The molecule has 2 aromatic carbocycles. The molecule has 0 aliphatic carbocycles. The summed E-state index contributed by atoms with van der Waals surface area (Å²) < 4.78 is 13.3. The Hall–Kier alpha value is -1.83. The van der Waals surface area contributed by atoms with Crippen molar-refractivity contribution in [3.63, 3.8) is 0 Å². The monoisotopic (exact) mass is 477 g/mol. The summed E-state index contributed by atoms with van der Waals surface area (Å²) in [5, 5.41) is 0. The Morgan fingerprint density at radius 1 is 1.14 bits per heavy atom. The summed E-state index contributed by atoms with van der Waals surface area (Å²) >= 11 is 9.96. The van der Waals surface area contributed by atoms with E-state index in [0.29, 0.717) is 28.2 Å². The zero-order valence-corrected chi connectivity index (χ0v) is 19.0. The first kappa shape index (κ1) is 20.9. The van der Waals surface area contributed by atoms with Crippen LogP contribution >= 0.6 is 39.9 Å². The summed E-state index contributed by atoms with van der Waals surface area (Å²) in [6.07, 6.45) is 1.81. The van der Waals surface area contributed by atoms with Gasteiger partial charge in [-0.1, -0.05) is 58.1 Å². The Morgan fingerprint density at radius 2 is 1.82 bits per heavy atom. The summed E-state index contributed by atoms with van der Waals surface area (Å²) in [6, 6.07) is 11.8. The van der Waals surface area contributed by atoms with Crippen molar-refractivity contribution in [3.05, 3.63) is 62.5 Å². The van der Waals surface area contributed by atoms with Crippen molar-refractivity contribution in [1.82, 2.24) is 4.90 Å². The molecule has 0 bridgehead atoms. The summed E-state index contributed by atoms with van der Waals surface area (Å²) in [5.41, 5.74) is 3.02. The summed E-state index contributed by atoms with van der Waals surface area (Å²) in [7, 11) is 1.68. The van der Waals surface area contributed by atoms with Crippen molar-refractivity contribution in [2.24, 2.45) is 0 Å². The van der Waals surface area contributed by atoms with Crippen molar-refractivity contribution in [2.75, 3.05) is 20.3 Å². The number of aryl methyl sites for hydroxylation is 2. The van der Waals surface area contributed by atoms with Gasteiger partial charge in [-0.15, -0.1) is 0 Å². The third kappa shape index (κ3) is 4.77. The minimum Gasteiger partial charge on any atom is -0.489 e. The van der Waals surface area contributed by atoms with Crippen molar-refractivity contribution in [2.45, 2.75) is 13.8 Å². The molecule has 4 nitrogen and oxygen atoms in total. The first-order valence-electron chi connectivity index (χ1n) is 8.69. The van der Waals surface area contributed by atoms with Crippen molar-refractivity contribution >= 4 is 56.2 Å². The van der Waals surface area contributed by atoms with Crippen molar-refractivity contribution in [1.29, 1.82) is 0 Å². The Kier molecular flexibility index (Phi) is 6.80. The molecule has 0 radical (unpaired) electrons. The van der Waals surface area contributed by atoms with E-state index in [1.807, 2.05) is 56.3 Å². The van der Waals surface area contributed by atoms with Crippen LogP contribution in [0.3, 0.4) is 0 Å². The van der Waals surface area contributed by atoms with E-state index >= 15 is 0 Å². The quantitative estimate of drug-likeness (QED) is 0.318. The first-order valence-corrected chi connectivity index (χ1v) is 10.7. The van der Waals surface area contributed by atoms with Gasteiger partial charge in [0.15, 0.2) is 0 Å². The molecular weight excluding hydrogens is 458 g/mol. The lowest BCUT2D eigenvalue weighted by molar-refractivity contribution is -0.121.